The van der Waals surface area contributed by atoms with Crippen molar-refractivity contribution in [2.45, 2.75) is 19.7 Å². The van der Waals surface area contributed by atoms with E-state index < -0.39 is 18.0 Å². The van der Waals surface area contributed by atoms with Crippen molar-refractivity contribution in [2.24, 2.45) is 4.99 Å². The SMILES string of the molecule is Nn1c(=O)n(CCO)c(=O)n(Cc2ccc(Cl)cc2)/c1=N/c1ccc(Oc2cc(CO)on2)cc1. The molecule has 182 valence electrons. The molecule has 0 saturated heterocycles. The molecule has 0 aliphatic carbocycles. The molecular weight excluding hydrogens is 480 g/mol. The summed E-state index contributed by atoms with van der Waals surface area (Å²) in [5.74, 6) is 6.86. The Hall–Kier alpha value is -4.13. The highest BCUT2D eigenvalue weighted by molar-refractivity contribution is 6.30. The lowest BCUT2D eigenvalue weighted by Crippen LogP contribution is -2.57. The van der Waals surface area contributed by atoms with Gasteiger partial charge in [0.1, 0.15) is 12.4 Å². The number of nitrogens with two attached hydrogens (primary N) is 1. The van der Waals surface area contributed by atoms with Crippen molar-refractivity contribution in [1.82, 2.24) is 19.0 Å². The molecule has 2 heterocycles. The van der Waals surface area contributed by atoms with E-state index in [4.69, 9.17) is 31.8 Å². The molecule has 35 heavy (non-hydrogen) atoms. The average Bonchev–Trinajstić information content (AvgIpc) is 3.32. The van der Waals surface area contributed by atoms with Crippen molar-refractivity contribution in [1.29, 1.82) is 0 Å². The van der Waals surface area contributed by atoms with Gasteiger partial charge in [-0.15, -0.1) is 0 Å². The van der Waals surface area contributed by atoms with Gasteiger partial charge in [-0.1, -0.05) is 23.7 Å². The molecule has 0 spiro atoms. The van der Waals surface area contributed by atoms with Gasteiger partial charge in [0.15, 0.2) is 5.76 Å². The van der Waals surface area contributed by atoms with Crippen LogP contribution in [0.25, 0.3) is 0 Å². The second kappa shape index (κ2) is 10.4. The van der Waals surface area contributed by atoms with Crippen LogP contribution in [0, 0.1) is 0 Å². The molecular formula is C22H21ClN6O6. The molecule has 0 bridgehead atoms. The van der Waals surface area contributed by atoms with Gasteiger partial charge in [0.2, 0.25) is 5.62 Å². The van der Waals surface area contributed by atoms with Crippen LogP contribution < -0.4 is 27.6 Å². The van der Waals surface area contributed by atoms with Crippen LogP contribution in [0.3, 0.4) is 0 Å². The number of nitrogens with zero attached hydrogens (tertiary/aromatic N) is 5. The zero-order valence-electron chi connectivity index (χ0n) is 18.2. The molecule has 12 nitrogen and oxygen atoms in total. The van der Waals surface area contributed by atoms with E-state index in [2.05, 4.69) is 10.1 Å². The lowest BCUT2D eigenvalue weighted by Gasteiger charge is -2.13. The Bertz CT molecular complexity index is 1500. The largest absolute Gasteiger partial charge is 0.436 e. The maximum atomic E-state index is 13.1. The normalized spacial score (nSPS) is 11.7. The van der Waals surface area contributed by atoms with Gasteiger partial charge >= 0.3 is 11.4 Å². The quantitative estimate of drug-likeness (QED) is 0.298. The van der Waals surface area contributed by atoms with E-state index in [0.717, 1.165) is 14.8 Å². The highest BCUT2D eigenvalue weighted by Gasteiger charge is 2.13. The van der Waals surface area contributed by atoms with Crippen LogP contribution in [-0.4, -0.2) is 35.8 Å². The van der Waals surface area contributed by atoms with Gasteiger partial charge in [0.25, 0.3) is 5.88 Å². The molecule has 0 radical (unpaired) electrons. The minimum Gasteiger partial charge on any atom is -0.436 e. The fourth-order valence-corrected chi connectivity index (χ4v) is 3.34. The third-order valence-corrected chi connectivity index (χ3v) is 5.17. The maximum absolute atomic E-state index is 13.1. The second-order valence-electron chi connectivity index (χ2n) is 7.32. The Morgan fingerprint density at radius 1 is 1.03 bits per heavy atom. The van der Waals surface area contributed by atoms with Crippen molar-refractivity contribution in [3.05, 3.63) is 97.5 Å². The van der Waals surface area contributed by atoms with Crippen LogP contribution in [-0.2, 0) is 19.7 Å². The van der Waals surface area contributed by atoms with Gasteiger partial charge in [0, 0.05) is 11.1 Å². The van der Waals surface area contributed by atoms with Crippen molar-refractivity contribution in [3.8, 4) is 11.6 Å². The Morgan fingerprint density at radius 2 is 1.74 bits per heavy atom. The Kier molecular flexibility index (Phi) is 7.15. The summed E-state index contributed by atoms with van der Waals surface area (Å²) < 4.78 is 13.2. The van der Waals surface area contributed by atoms with Crippen LogP contribution in [0.2, 0.25) is 5.02 Å². The second-order valence-corrected chi connectivity index (χ2v) is 7.76. The Morgan fingerprint density at radius 3 is 2.37 bits per heavy atom. The van der Waals surface area contributed by atoms with Crippen molar-refractivity contribution in [2.75, 3.05) is 12.4 Å². The summed E-state index contributed by atoms with van der Waals surface area (Å²) >= 11 is 5.95. The smallest absolute Gasteiger partial charge is 0.353 e. The third kappa shape index (κ3) is 5.35. The molecule has 4 rings (SSSR count). The summed E-state index contributed by atoms with van der Waals surface area (Å²) in [5, 5.41) is 22.6. The summed E-state index contributed by atoms with van der Waals surface area (Å²) in [6.45, 7) is -0.887. The molecule has 2 aromatic carbocycles. The van der Waals surface area contributed by atoms with Gasteiger partial charge < -0.3 is 25.3 Å². The predicted molar refractivity (Wildman–Crippen MR) is 125 cm³/mol. The maximum Gasteiger partial charge on any atom is 0.353 e. The van der Waals surface area contributed by atoms with Crippen molar-refractivity contribution >= 4 is 17.3 Å². The van der Waals surface area contributed by atoms with Crippen LogP contribution in [0.15, 0.2) is 73.7 Å². The summed E-state index contributed by atoms with van der Waals surface area (Å²) in [7, 11) is 0. The van der Waals surface area contributed by atoms with Crippen LogP contribution in [0.5, 0.6) is 11.6 Å². The minimum atomic E-state index is -0.819. The van der Waals surface area contributed by atoms with E-state index in [1.807, 2.05) is 0 Å². The summed E-state index contributed by atoms with van der Waals surface area (Å²) in [6.07, 6.45) is 0. The van der Waals surface area contributed by atoms with Crippen molar-refractivity contribution in [3.63, 3.8) is 0 Å². The number of aliphatic hydroxyl groups is 2. The molecule has 13 heteroatoms. The highest BCUT2D eigenvalue weighted by Crippen LogP contribution is 2.23. The number of aromatic nitrogens is 4. The fourth-order valence-electron chi connectivity index (χ4n) is 3.22. The van der Waals surface area contributed by atoms with Crippen molar-refractivity contribution < 1.29 is 19.5 Å². The van der Waals surface area contributed by atoms with Crippen LogP contribution in [0.1, 0.15) is 11.3 Å². The molecule has 2 aromatic heterocycles. The predicted octanol–water partition coefficient (Wildman–Crippen LogP) is 0.724. The molecule has 0 fully saturated rings. The Balaban J connectivity index is 1.75. The first-order chi connectivity index (χ1) is 16.9. The van der Waals surface area contributed by atoms with Crippen LogP contribution in [0.4, 0.5) is 5.69 Å². The van der Waals surface area contributed by atoms with Gasteiger partial charge in [0.05, 0.1) is 25.4 Å². The lowest BCUT2D eigenvalue weighted by atomic mass is 10.2. The van der Waals surface area contributed by atoms with E-state index in [0.29, 0.717) is 16.5 Å². The fraction of sp³-hybridized carbons (Fsp3) is 0.182. The number of hydrogen-bond donors (Lipinski definition) is 3. The monoisotopic (exact) mass is 500 g/mol. The summed E-state index contributed by atoms with van der Waals surface area (Å²) in [6, 6.07) is 14.7. The first kappa shape index (κ1) is 24.0. The summed E-state index contributed by atoms with van der Waals surface area (Å²) in [5.41, 5.74) is -0.482. The average molecular weight is 501 g/mol. The molecule has 4 aromatic rings. The number of halogens is 1. The standard InChI is InChI=1S/C22H21ClN6O6/c23-15-3-1-14(2-4-15)12-28-20(29(24)22(33)27(9-10-30)21(28)32)25-16-5-7-17(8-6-16)34-19-11-18(13-31)35-26-19/h1-8,11,30-31H,9-10,12-13,24H2/b25-20-. The number of ether oxygens (including phenoxy) is 1. The van der Waals surface area contributed by atoms with Gasteiger partial charge in [-0.05, 0) is 47.1 Å². The summed E-state index contributed by atoms with van der Waals surface area (Å²) in [4.78, 5) is 30.2. The molecule has 0 amide bonds. The minimum absolute atomic E-state index is 0.0539. The number of nitrogen functional groups attached to an aromatic ring is 1. The van der Waals surface area contributed by atoms with E-state index in [1.165, 1.54) is 10.6 Å². The number of rotatable bonds is 8. The number of hydrogen-bond acceptors (Lipinski definition) is 9. The highest BCUT2D eigenvalue weighted by atomic mass is 35.5. The topological polar surface area (TPSA) is 163 Å². The van der Waals surface area contributed by atoms with E-state index in [9.17, 15) is 14.7 Å². The molecule has 0 unspecified atom stereocenters. The van der Waals surface area contributed by atoms with E-state index in [-0.39, 0.29) is 37.0 Å². The molecule has 0 aliphatic heterocycles. The first-order valence-corrected chi connectivity index (χ1v) is 10.7. The Labute approximate surface area is 202 Å². The molecule has 0 aliphatic rings. The van der Waals surface area contributed by atoms with Crippen LogP contribution >= 0.6 is 11.6 Å². The van der Waals surface area contributed by atoms with Gasteiger partial charge in [-0.3, -0.25) is 4.57 Å². The van der Waals surface area contributed by atoms with E-state index >= 15 is 0 Å². The number of aliphatic hydroxyl groups excluding tert-OH is 2. The molecule has 4 N–H and O–H groups in total. The zero-order valence-corrected chi connectivity index (χ0v) is 19.0. The zero-order chi connectivity index (χ0) is 24.9. The first-order valence-electron chi connectivity index (χ1n) is 10.4. The molecule has 0 saturated carbocycles. The third-order valence-electron chi connectivity index (χ3n) is 4.91. The van der Waals surface area contributed by atoms with Gasteiger partial charge in [-0.25, -0.2) is 19.1 Å². The van der Waals surface area contributed by atoms with Gasteiger partial charge in [-0.2, -0.15) is 4.68 Å². The molecule has 0 atom stereocenters. The van der Waals surface area contributed by atoms with E-state index in [1.54, 1.807) is 48.5 Å². The number of benzene rings is 2. The lowest BCUT2D eigenvalue weighted by molar-refractivity contribution is 0.227.